The molecule has 0 atom stereocenters. The van der Waals surface area contributed by atoms with Crippen LogP contribution in [-0.4, -0.2) is 36.4 Å². The van der Waals surface area contributed by atoms with E-state index in [-0.39, 0.29) is 5.91 Å². The lowest BCUT2D eigenvalue weighted by atomic mass is 9.84. The van der Waals surface area contributed by atoms with E-state index in [2.05, 4.69) is 0 Å². The molecule has 1 aromatic carbocycles. The van der Waals surface area contributed by atoms with Crippen molar-refractivity contribution in [1.82, 2.24) is 4.90 Å². The van der Waals surface area contributed by atoms with Crippen molar-refractivity contribution in [2.45, 2.75) is 25.1 Å². The number of carbonyl (C=O) groups excluding carboxylic acids is 1. The largest absolute Gasteiger partial charge is 0.494 e. The standard InChI is InChI=1S/C15H20ClNO2/c1-3-19-14-6-4-12(5-7-14)15(18)17(2)10-11-8-13(16)9-11/h4-7,11,13H,3,8-10H2,1-2H3. The predicted octanol–water partition coefficient (Wildman–Crippen LogP) is 3.17. The molecule has 1 aliphatic rings. The van der Waals surface area contributed by atoms with E-state index in [0.717, 1.165) is 25.1 Å². The van der Waals surface area contributed by atoms with Crippen LogP contribution in [0.1, 0.15) is 30.1 Å². The maximum atomic E-state index is 12.2. The summed E-state index contributed by atoms with van der Waals surface area (Å²) >= 11 is 5.95. The van der Waals surface area contributed by atoms with Crippen LogP contribution in [-0.2, 0) is 0 Å². The van der Waals surface area contributed by atoms with Crippen LogP contribution in [0, 0.1) is 5.92 Å². The van der Waals surface area contributed by atoms with Gasteiger partial charge in [0.25, 0.3) is 5.91 Å². The van der Waals surface area contributed by atoms with Gasteiger partial charge in [0.05, 0.1) is 6.61 Å². The smallest absolute Gasteiger partial charge is 0.253 e. The Hall–Kier alpha value is -1.22. The van der Waals surface area contributed by atoms with Gasteiger partial charge in [0.15, 0.2) is 0 Å². The maximum absolute atomic E-state index is 12.2. The Labute approximate surface area is 119 Å². The van der Waals surface area contributed by atoms with Crippen molar-refractivity contribution in [3.63, 3.8) is 0 Å². The zero-order valence-electron chi connectivity index (χ0n) is 11.4. The second-order valence-electron chi connectivity index (χ2n) is 5.08. The minimum Gasteiger partial charge on any atom is -0.494 e. The topological polar surface area (TPSA) is 29.5 Å². The third kappa shape index (κ3) is 3.63. The van der Waals surface area contributed by atoms with Gasteiger partial charge in [-0.25, -0.2) is 0 Å². The first kappa shape index (κ1) is 14.2. The van der Waals surface area contributed by atoms with Crippen LogP contribution in [0.5, 0.6) is 5.75 Å². The first-order chi connectivity index (χ1) is 9.10. The van der Waals surface area contributed by atoms with Gasteiger partial charge >= 0.3 is 0 Å². The van der Waals surface area contributed by atoms with Crippen LogP contribution in [0.2, 0.25) is 0 Å². The fourth-order valence-electron chi connectivity index (χ4n) is 2.35. The number of carbonyl (C=O) groups is 1. The van der Waals surface area contributed by atoms with Crippen LogP contribution in [0.25, 0.3) is 0 Å². The van der Waals surface area contributed by atoms with Gasteiger partial charge in [0, 0.05) is 24.5 Å². The Morgan fingerprint density at radius 1 is 1.37 bits per heavy atom. The highest BCUT2D eigenvalue weighted by Gasteiger charge is 2.29. The molecular formula is C15H20ClNO2. The molecule has 0 radical (unpaired) electrons. The molecule has 2 rings (SSSR count). The summed E-state index contributed by atoms with van der Waals surface area (Å²) in [5, 5.41) is 0.305. The molecule has 1 aromatic rings. The normalized spacial score (nSPS) is 21.6. The Morgan fingerprint density at radius 2 is 2.00 bits per heavy atom. The lowest BCUT2D eigenvalue weighted by Crippen LogP contribution is -2.37. The summed E-state index contributed by atoms with van der Waals surface area (Å²) in [4.78, 5) is 14.0. The summed E-state index contributed by atoms with van der Waals surface area (Å²) in [6, 6.07) is 7.30. The van der Waals surface area contributed by atoms with Gasteiger partial charge in [-0.05, 0) is 49.9 Å². The second kappa shape index (κ2) is 6.29. The molecule has 0 bridgehead atoms. The van der Waals surface area contributed by atoms with Crippen molar-refractivity contribution < 1.29 is 9.53 Å². The number of amides is 1. The Bertz CT molecular complexity index is 426. The number of hydrogen-bond donors (Lipinski definition) is 0. The number of nitrogens with zero attached hydrogens (tertiary/aromatic N) is 1. The van der Waals surface area contributed by atoms with E-state index < -0.39 is 0 Å². The van der Waals surface area contributed by atoms with E-state index >= 15 is 0 Å². The van der Waals surface area contributed by atoms with Gasteiger partial charge in [-0.15, -0.1) is 11.6 Å². The summed E-state index contributed by atoms with van der Waals surface area (Å²) in [7, 11) is 1.85. The van der Waals surface area contributed by atoms with Crippen molar-refractivity contribution in [2.75, 3.05) is 20.2 Å². The molecule has 0 N–H and O–H groups in total. The molecule has 3 nitrogen and oxygen atoms in total. The number of ether oxygens (including phenoxy) is 1. The first-order valence-electron chi connectivity index (χ1n) is 6.72. The van der Waals surface area contributed by atoms with Gasteiger partial charge in [-0.1, -0.05) is 0 Å². The van der Waals surface area contributed by atoms with Crippen molar-refractivity contribution in [1.29, 1.82) is 0 Å². The minimum atomic E-state index is 0.0565. The molecule has 4 heteroatoms. The highest BCUT2D eigenvalue weighted by atomic mass is 35.5. The molecular weight excluding hydrogens is 262 g/mol. The van der Waals surface area contributed by atoms with Crippen LogP contribution < -0.4 is 4.74 Å². The average molecular weight is 282 g/mol. The van der Waals surface area contributed by atoms with Crippen molar-refractivity contribution in [3.05, 3.63) is 29.8 Å². The zero-order chi connectivity index (χ0) is 13.8. The van der Waals surface area contributed by atoms with E-state index in [0.29, 0.717) is 23.5 Å². The number of alkyl halides is 1. The van der Waals surface area contributed by atoms with Crippen LogP contribution in [0.3, 0.4) is 0 Å². The third-order valence-electron chi connectivity index (χ3n) is 3.47. The van der Waals surface area contributed by atoms with E-state index in [1.807, 2.05) is 38.2 Å². The summed E-state index contributed by atoms with van der Waals surface area (Å²) in [5.41, 5.74) is 0.702. The third-order valence-corrected chi connectivity index (χ3v) is 3.83. The van der Waals surface area contributed by atoms with Gasteiger partial charge in [0.1, 0.15) is 5.75 Å². The molecule has 1 aliphatic carbocycles. The summed E-state index contributed by atoms with van der Waals surface area (Å²) < 4.78 is 5.36. The lowest BCUT2D eigenvalue weighted by molar-refractivity contribution is 0.0747. The Balaban J connectivity index is 1.90. The summed E-state index contributed by atoms with van der Waals surface area (Å²) in [6.07, 6.45) is 2.03. The first-order valence-corrected chi connectivity index (χ1v) is 7.16. The lowest BCUT2D eigenvalue weighted by Gasteiger charge is -2.34. The highest BCUT2D eigenvalue weighted by molar-refractivity contribution is 6.21. The zero-order valence-corrected chi connectivity index (χ0v) is 12.2. The molecule has 1 fully saturated rings. The Morgan fingerprint density at radius 3 is 2.53 bits per heavy atom. The van der Waals surface area contributed by atoms with Gasteiger partial charge in [-0.2, -0.15) is 0 Å². The number of benzene rings is 1. The molecule has 0 spiro atoms. The van der Waals surface area contributed by atoms with Gasteiger partial charge in [-0.3, -0.25) is 4.79 Å². The van der Waals surface area contributed by atoms with E-state index in [9.17, 15) is 4.79 Å². The van der Waals surface area contributed by atoms with E-state index in [1.165, 1.54) is 0 Å². The summed E-state index contributed by atoms with van der Waals surface area (Å²) in [6.45, 7) is 3.36. The highest BCUT2D eigenvalue weighted by Crippen LogP contribution is 2.32. The second-order valence-corrected chi connectivity index (χ2v) is 5.69. The minimum absolute atomic E-state index is 0.0565. The fraction of sp³-hybridized carbons (Fsp3) is 0.533. The van der Waals surface area contributed by atoms with Gasteiger partial charge < -0.3 is 9.64 Å². The number of halogens is 1. The molecule has 0 heterocycles. The molecule has 1 amide bonds. The van der Waals surface area contributed by atoms with Crippen LogP contribution in [0.15, 0.2) is 24.3 Å². The van der Waals surface area contributed by atoms with E-state index in [4.69, 9.17) is 16.3 Å². The fourth-order valence-corrected chi connectivity index (χ4v) is 2.86. The molecule has 19 heavy (non-hydrogen) atoms. The quantitative estimate of drug-likeness (QED) is 0.776. The van der Waals surface area contributed by atoms with Gasteiger partial charge in [0.2, 0.25) is 0 Å². The molecule has 1 saturated carbocycles. The molecule has 0 unspecified atom stereocenters. The monoisotopic (exact) mass is 281 g/mol. The number of rotatable bonds is 5. The van der Waals surface area contributed by atoms with Crippen LogP contribution in [0.4, 0.5) is 0 Å². The molecule has 0 aromatic heterocycles. The van der Waals surface area contributed by atoms with Crippen LogP contribution >= 0.6 is 11.6 Å². The molecule has 0 saturated heterocycles. The van der Waals surface area contributed by atoms with Crippen molar-refractivity contribution in [3.8, 4) is 5.75 Å². The molecule has 0 aliphatic heterocycles. The van der Waals surface area contributed by atoms with E-state index in [1.54, 1.807) is 4.90 Å². The SMILES string of the molecule is CCOc1ccc(C(=O)N(C)CC2CC(Cl)C2)cc1. The Kier molecular flexibility index (Phi) is 4.70. The summed E-state index contributed by atoms with van der Waals surface area (Å²) in [5.74, 6) is 1.41. The predicted molar refractivity (Wildman–Crippen MR) is 76.9 cm³/mol. The molecule has 104 valence electrons. The van der Waals surface area contributed by atoms with Crippen molar-refractivity contribution >= 4 is 17.5 Å². The van der Waals surface area contributed by atoms with Crippen molar-refractivity contribution in [2.24, 2.45) is 5.92 Å². The average Bonchev–Trinajstić information content (AvgIpc) is 2.37. The maximum Gasteiger partial charge on any atom is 0.253 e. The number of hydrogen-bond acceptors (Lipinski definition) is 2.